The summed E-state index contributed by atoms with van der Waals surface area (Å²) in [6.07, 6.45) is 1.07. The summed E-state index contributed by atoms with van der Waals surface area (Å²) < 4.78 is 5.51. The minimum Gasteiger partial charge on any atom is -0.461 e. The Morgan fingerprint density at radius 2 is 1.65 bits per heavy atom. The minimum absolute atomic E-state index is 0.0402. The van der Waals surface area contributed by atoms with Gasteiger partial charge in [-0.25, -0.2) is 4.79 Å². The van der Waals surface area contributed by atoms with Crippen molar-refractivity contribution < 1.29 is 19.7 Å². The normalized spacial score (nSPS) is 21.3. The third-order valence-electron chi connectivity index (χ3n) is 5.08. The number of hydrogen-bond acceptors (Lipinski definition) is 5. The number of likely N-dealkylation sites (tertiary alicyclic amines) is 1. The first kappa shape index (κ1) is 18.6. The largest absolute Gasteiger partial charge is 0.461 e. The van der Waals surface area contributed by atoms with Crippen LogP contribution in [0.4, 0.5) is 0 Å². The zero-order valence-corrected chi connectivity index (χ0v) is 14.9. The monoisotopic (exact) mass is 355 g/mol. The van der Waals surface area contributed by atoms with Crippen molar-refractivity contribution in [3.05, 3.63) is 71.8 Å². The lowest BCUT2D eigenvalue weighted by Crippen LogP contribution is -2.50. The van der Waals surface area contributed by atoms with Crippen molar-refractivity contribution in [3.8, 4) is 0 Å². The first-order chi connectivity index (χ1) is 12.5. The SMILES string of the molecule is CN1CCC[C@@H](O)[C@@H]1COC(=O)C(O)(c1ccccc1)c1ccccc1. The van der Waals surface area contributed by atoms with Crippen molar-refractivity contribution in [3.63, 3.8) is 0 Å². The van der Waals surface area contributed by atoms with E-state index in [1.807, 2.05) is 24.1 Å². The smallest absolute Gasteiger partial charge is 0.347 e. The van der Waals surface area contributed by atoms with Crippen LogP contribution in [0.2, 0.25) is 0 Å². The van der Waals surface area contributed by atoms with Gasteiger partial charge < -0.3 is 14.9 Å². The van der Waals surface area contributed by atoms with E-state index in [-0.39, 0.29) is 12.6 Å². The molecule has 0 bridgehead atoms. The molecule has 0 amide bonds. The van der Waals surface area contributed by atoms with E-state index in [1.54, 1.807) is 48.5 Å². The van der Waals surface area contributed by atoms with Gasteiger partial charge in [-0.05, 0) is 37.6 Å². The average molecular weight is 355 g/mol. The summed E-state index contributed by atoms with van der Waals surface area (Å²) in [6, 6.07) is 17.3. The van der Waals surface area contributed by atoms with E-state index < -0.39 is 17.7 Å². The maximum atomic E-state index is 12.9. The zero-order valence-electron chi connectivity index (χ0n) is 14.9. The molecule has 3 rings (SSSR count). The van der Waals surface area contributed by atoms with Gasteiger partial charge in [0.1, 0.15) is 6.61 Å². The fourth-order valence-corrected chi connectivity index (χ4v) is 3.47. The summed E-state index contributed by atoms with van der Waals surface area (Å²) in [5.41, 5.74) is -0.983. The van der Waals surface area contributed by atoms with Gasteiger partial charge in [-0.15, -0.1) is 0 Å². The van der Waals surface area contributed by atoms with Crippen LogP contribution < -0.4 is 0 Å². The third-order valence-corrected chi connectivity index (χ3v) is 5.08. The molecule has 1 aliphatic heterocycles. The number of likely N-dealkylation sites (N-methyl/N-ethyl adjacent to an activating group) is 1. The van der Waals surface area contributed by atoms with Gasteiger partial charge in [0.15, 0.2) is 0 Å². The van der Waals surface area contributed by atoms with Crippen LogP contribution in [0.25, 0.3) is 0 Å². The number of hydrogen-bond donors (Lipinski definition) is 2. The highest BCUT2D eigenvalue weighted by atomic mass is 16.6. The van der Waals surface area contributed by atoms with E-state index in [2.05, 4.69) is 0 Å². The van der Waals surface area contributed by atoms with Crippen molar-refractivity contribution in [2.45, 2.75) is 30.6 Å². The second kappa shape index (κ2) is 7.99. The summed E-state index contributed by atoms with van der Waals surface area (Å²) in [4.78, 5) is 14.9. The number of carbonyl (C=O) groups is 1. The molecule has 138 valence electrons. The fourth-order valence-electron chi connectivity index (χ4n) is 3.47. The van der Waals surface area contributed by atoms with Gasteiger partial charge in [-0.1, -0.05) is 60.7 Å². The van der Waals surface area contributed by atoms with Crippen LogP contribution in [0.1, 0.15) is 24.0 Å². The molecule has 2 atom stereocenters. The van der Waals surface area contributed by atoms with Crippen LogP contribution in [-0.4, -0.2) is 53.4 Å². The molecule has 1 saturated heterocycles. The molecule has 0 saturated carbocycles. The number of piperidine rings is 1. The molecule has 0 aliphatic carbocycles. The maximum absolute atomic E-state index is 12.9. The van der Waals surface area contributed by atoms with Gasteiger partial charge in [-0.2, -0.15) is 0 Å². The Morgan fingerprint density at radius 1 is 1.12 bits per heavy atom. The Balaban J connectivity index is 1.84. The number of benzene rings is 2. The molecule has 26 heavy (non-hydrogen) atoms. The second-order valence-electron chi connectivity index (χ2n) is 6.80. The van der Waals surface area contributed by atoms with E-state index in [9.17, 15) is 15.0 Å². The summed E-state index contributed by atoms with van der Waals surface area (Å²) >= 11 is 0. The number of carbonyl (C=O) groups excluding carboxylic acids is 1. The Bertz CT molecular complexity index is 670. The van der Waals surface area contributed by atoms with Crippen LogP contribution in [-0.2, 0) is 15.1 Å². The summed E-state index contributed by atoms with van der Waals surface area (Å²) in [5.74, 6) is -0.735. The van der Waals surface area contributed by atoms with Crippen LogP contribution >= 0.6 is 0 Å². The molecule has 0 radical (unpaired) electrons. The molecule has 2 aromatic rings. The Morgan fingerprint density at radius 3 is 2.15 bits per heavy atom. The van der Waals surface area contributed by atoms with Crippen molar-refractivity contribution in [1.82, 2.24) is 4.90 Å². The average Bonchev–Trinajstić information content (AvgIpc) is 2.68. The standard InChI is InChI=1S/C21H25NO4/c1-22-14-8-13-19(23)18(22)15-26-20(24)21(25,16-9-4-2-5-10-16)17-11-6-3-7-12-17/h2-7,9-12,18-19,23,25H,8,13-15H2,1H3/t18-,19+/m0/s1. The van der Waals surface area contributed by atoms with E-state index in [0.29, 0.717) is 17.5 Å². The highest BCUT2D eigenvalue weighted by Crippen LogP contribution is 2.31. The molecule has 1 aliphatic rings. The van der Waals surface area contributed by atoms with Crippen molar-refractivity contribution in [1.29, 1.82) is 0 Å². The van der Waals surface area contributed by atoms with E-state index in [1.165, 1.54) is 0 Å². The number of nitrogens with zero attached hydrogens (tertiary/aromatic N) is 1. The fraction of sp³-hybridized carbons (Fsp3) is 0.381. The second-order valence-corrected chi connectivity index (χ2v) is 6.80. The molecule has 5 heteroatoms. The van der Waals surface area contributed by atoms with Crippen LogP contribution in [0.3, 0.4) is 0 Å². The number of aliphatic hydroxyl groups is 2. The lowest BCUT2D eigenvalue weighted by atomic mass is 9.86. The van der Waals surface area contributed by atoms with Crippen molar-refractivity contribution >= 4 is 5.97 Å². The lowest BCUT2D eigenvalue weighted by molar-refractivity contribution is -0.165. The van der Waals surface area contributed by atoms with E-state index in [4.69, 9.17) is 4.74 Å². The molecule has 0 aromatic heterocycles. The predicted octanol–water partition coefficient (Wildman–Crippen LogP) is 1.92. The lowest BCUT2D eigenvalue weighted by Gasteiger charge is -2.36. The topological polar surface area (TPSA) is 70.0 Å². The van der Waals surface area contributed by atoms with Gasteiger partial charge in [0.05, 0.1) is 12.1 Å². The molecular weight excluding hydrogens is 330 g/mol. The molecule has 0 spiro atoms. The molecule has 2 N–H and O–H groups in total. The highest BCUT2D eigenvalue weighted by molar-refractivity contribution is 5.85. The zero-order chi connectivity index (χ0) is 18.6. The summed E-state index contributed by atoms with van der Waals surface area (Å²) in [6.45, 7) is 0.888. The van der Waals surface area contributed by atoms with E-state index in [0.717, 1.165) is 13.0 Å². The van der Waals surface area contributed by atoms with Gasteiger partial charge in [0, 0.05) is 0 Å². The predicted molar refractivity (Wildman–Crippen MR) is 98.5 cm³/mol. The van der Waals surface area contributed by atoms with Crippen LogP contribution in [0, 0.1) is 0 Å². The summed E-state index contributed by atoms with van der Waals surface area (Å²) in [7, 11) is 1.90. The number of ether oxygens (including phenoxy) is 1. The van der Waals surface area contributed by atoms with E-state index >= 15 is 0 Å². The van der Waals surface area contributed by atoms with Gasteiger partial charge in [-0.3, -0.25) is 4.90 Å². The molecule has 2 aromatic carbocycles. The van der Waals surface area contributed by atoms with Crippen molar-refractivity contribution in [2.24, 2.45) is 0 Å². The highest BCUT2D eigenvalue weighted by Gasteiger charge is 2.42. The van der Waals surface area contributed by atoms with Gasteiger partial charge in [0.25, 0.3) is 0 Å². The Kier molecular flexibility index (Phi) is 5.71. The molecular formula is C21H25NO4. The Labute approximate surface area is 153 Å². The minimum atomic E-state index is -1.89. The quantitative estimate of drug-likeness (QED) is 0.802. The van der Waals surface area contributed by atoms with Crippen LogP contribution in [0.15, 0.2) is 60.7 Å². The number of rotatable bonds is 5. The van der Waals surface area contributed by atoms with Crippen molar-refractivity contribution in [2.75, 3.05) is 20.2 Å². The first-order valence-corrected chi connectivity index (χ1v) is 8.92. The molecule has 1 fully saturated rings. The Hall–Kier alpha value is -2.21. The number of aliphatic hydroxyl groups excluding tert-OH is 1. The first-order valence-electron chi connectivity index (χ1n) is 8.92. The van der Waals surface area contributed by atoms with Gasteiger partial charge in [0.2, 0.25) is 5.60 Å². The maximum Gasteiger partial charge on any atom is 0.347 e. The summed E-state index contributed by atoms with van der Waals surface area (Å²) in [5, 5.41) is 21.5. The molecule has 1 heterocycles. The van der Waals surface area contributed by atoms with Crippen LogP contribution in [0.5, 0.6) is 0 Å². The van der Waals surface area contributed by atoms with Gasteiger partial charge >= 0.3 is 5.97 Å². The molecule has 5 nitrogen and oxygen atoms in total. The molecule has 0 unspecified atom stereocenters. The third kappa shape index (κ3) is 3.65. The number of esters is 1.